The van der Waals surface area contributed by atoms with E-state index in [2.05, 4.69) is 5.32 Å². The highest BCUT2D eigenvalue weighted by Gasteiger charge is 2.58. The third-order valence-corrected chi connectivity index (χ3v) is 4.43. The Morgan fingerprint density at radius 2 is 1.95 bits per heavy atom. The SMILES string of the molecule is CC(C)(C)OC(=O)N1CC2(CCC2)C1Nc1ccccc1. The minimum absolute atomic E-state index is 0.0588. The van der Waals surface area contributed by atoms with Crippen molar-refractivity contribution in [2.24, 2.45) is 5.41 Å². The van der Waals surface area contributed by atoms with Gasteiger partial charge in [-0.3, -0.25) is 4.90 Å². The number of benzene rings is 1. The molecule has 114 valence electrons. The van der Waals surface area contributed by atoms with Crippen LogP contribution in [0.25, 0.3) is 0 Å². The first-order chi connectivity index (χ1) is 9.90. The molecule has 0 radical (unpaired) electrons. The summed E-state index contributed by atoms with van der Waals surface area (Å²) in [4.78, 5) is 14.2. The van der Waals surface area contributed by atoms with Gasteiger partial charge < -0.3 is 10.1 Å². The third kappa shape index (κ3) is 2.71. The number of likely N-dealkylation sites (tertiary alicyclic amines) is 1. The molecule has 1 amide bonds. The van der Waals surface area contributed by atoms with Gasteiger partial charge in [0.1, 0.15) is 11.8 Å². The van der Waals surface area contributed by atoms with E-state index in [-0.39, 0.29) is 17.7 Å². The first-order valence-corrected chi connectivity index (χ1v) is 7.71. The van der Waals surface area contributed by atoms with Crippen LogP contribution >= 0.6 is 0 Å². The summed E-state index contributed by atoms with van der Waals surface area (Å²) < 4.78 is 5.52. The van der Waals surface area contributed by atoms with Crippen molar-refractivity contribution in [3.8, 4) is 0 Å². The maximum atomic E-state index is 12.3. The number of nitrogens with one attached hydrogen (secondary N) is 1. The Hall–Kier alpha value is -1.71. The largest absolute Gasteiger partial charge is 0.444 e. The average molecular weight is 288 g/mol. The smallest absolute Gasteiger partial charge is 0.411 e. The Balaban J connectivity index is 1.71. The highest BCUT2D eigenvalue weighted by molar-refractivity contribution is 5.71. The number of hydrogen-bond donors (Lipinski definition) is 1. The molecule has 1 saturated carbocycles. The third-order valence-electron chi connectivity index (χ3n) is 4.43. The molecule has 1 atom stereocenters. The van der Waals surface area contributed by atoms with E-state index in [0.29, 0.717) is 0 Å². The fourth-order valence-electron chi connectivity index (χ4n) is 3.21. The van der Waals surface area contributed by atoms with Gasteiger partial charge in [-0.2, -0.15) is 0 Å². The number of ether oxygens (including phenoxy) is 1. The molecule has 1 aromatic rings. The zero-order chi connectivity index (χ0) is 15.1. The summed E-state index contributed by atoms with van der Waals surface area (Å²) in [5, 5.41) is 3.51. The molecule has 0 bridgehead atoms. The quantitative estimate of drug-likeness (QED) is 0.899. The summed E-state index contributed by atoms with van der Waals surface area (Å²) >= 11 is 0. The first kappa shape index (κ1) is 14.2. The molecule has 1 N–H and O–H groups in total. The number of para-hydroxylation sites is 1. The Labute approximate surface area is 126 Å². The molecule has 1 heterocycles. The minimum atomic E-state index is -0.448. The van der Waals surface area contributed by atoms with Crippen molar-refractivity contribution in [3.63, 3.8) is 0 Å². The Kier molecular flexibility index (Phi) is 3.34. The van der Waals surface area contributed by atoms with Crippen molar-refractivity contribution in [2.45, 2.75) is 51.8 Å². The number of amides is 1. The first-order valence-electron chi connectivity index (χ1n) is 7.71. The molecule has 2 fully saturated rings. The van der Waals surface area contributed by atoms with Crippen LogP contribution in [0.15, 0.2) is 30.3 Å². The van der Waals surface area contributed by atoms with Gasteiger partial charge in [0.05, 0.1) is 0 Å². The standard InChI is InChI=1S/C17H24N2O2/c1-16(2,3)21-15(20)19-12-17(10-7-11-17)14(19)18-13-8-5-4-6-9-13/h4-6,8-9,14,18H,7,10-12H2,1-3H3. The van der Waals surface area contributed by atoms with Crippen LogP contribution in [0.3, 0.4) is 0 Å². The second kappa shape index (κ2) is 4.93. The van der Waals surface area contributed by atoms with Gasteiger partial charge in [-0.1, -0.05) is 24.6 Å². The lowest BCUT2D eigenvalue weighted by atomic mass is 9.61. The highest BCUT2D eigenvalue weighted by atomic mass is 16.6. The van der Waals surface area contributed by atoms with E-state index in [1.54, 1.807) is 0 Å². The summed E-state index contributed by atoms with van der Waals surface area (Å²) in [5.74, 6) is 0. The number of carbonyl (C=O) groups excluding carboxylic acids is 1. The summed E-state index contributed by atoms with van der Waals surface area (Å²) in [6.45, 7) is 6.53. The molecule has 21 heavy (non-hydrogen) atoms. The van der Waals surface area contributed by atoms with Crippen molar-refractivity contribution in [1.29, 1.82) is 0 Å². The van der Waals surface area contributed by atoms with Crippen LogP contribution in [-0.4, -0.2) is 29.3 Å². The normalized spacial score (nSPS) is 23.2. The lowest BCUT2D eigenvalue weighted by molar-refractivity contribution is -0.109. The fraction of sp³-hybridized carbons (Fsp3) is 0.588. The topological polar surface area (TPSA) is 41.6 Å². The molecule has 1 aliphatic heterocycles. The lowest BCUT2D eigenvalue weighted by Gasteiger charge is -2.61. The molecule has 0 aromatic heterocycles. The van der Waals surface area contributed by atoms with Crippen LogP contribution in [0.1, 0.15) is 40.0 Å². The van der Waals surface area contributed by atoms with Gasteiger partial charge in [0.15, 0.2) is 0 Å². The van der Waals surface area contributed by atoms with Gasteiger partial charge in [0, 0.05) is 17.6 Å². The van der Waals surface area contributed by atoms with Crippen LogP contribution in [0, 0.1) is 5.41 Å². The number of nitrogens with zero attached hydrogens (tertiary/aromatic N) is 1. The van der Waals surface area contributed by atoms with E-state index < -0.39 is 5.60 Å². The van der Waals surface area contributed by atoms with Gasteiger partial charge in [-0.15, -0.1) is 0 Å². The van der Waals surface area contributed by atoms with Gasteiger partial charge in [-0.25, -0.2) is 4.79 Å². The molecule has 4 nitrogen and oxygen atoms in total. The maximum Gasteiger partial charge on any atom is 0.411 e. The van der Waals surface area contributed by atoms with Crippen molar-refractivity contribution in [3.05, 3.63) is 30.3 Å². The maximum absolute atomic E-state index is 12.3. The Morgan fingerprint density at radius 3 is 2.48 bits per heavy atom. The molecule has 3 rings (SSSR count). The van der Waals surface area contributed by atoms with Gasteiger partial charge in [0.2, 0.25) is 0 Å². The Morgan fingerprint density at radius 1 is 1.29 bits per heavy atom. The second-order valence-electron chi connectivity index (χ2n) is 7.24. The molecule has 1 saturated heterocycles. The molecule has 1 spiro atoms. The molecule has 1 unspecified atom stereocenters. The lowest BCUT2D eigenvalue weighted by Crippen LogP contribution is -2.72. The van der Waals surface area contributed by atoms with Crippen LogP contribution in [0.2, 0.25) is 0 Å². The Bertz CT molecular complexity index is 517. The highest BCUT2D eigenvalue weighted by Crippen LogP contribution is 2.53. The molecule has 4 heteroatoms. The zero-order valence-electron chi connectivity index (χ0n) is 13.1. The van der Waals surface area contributed by atoms with E-state index in [4.69, 9.17) is 4.74 Å². The molecule has 1 aromatic carbocycles. The second-order valence-corrected chi connectivity index (χ2v) is 7.24. The van der Waals surface area contributed by atoms with E-state index in [1.807, 2.05) is 56.0 Å². The molecular weight excluding hydrogens is 264 g/mol. The predicted octanol–water partition coefficient (Wildman–Crippen LogP) is 3.85. The summed E-state index contributed by atoms with van der Waals surface area (Å²) in [7, 11) is 0. The molecule has 1 aliphatic carbocycles. The number of carbonyl (C=O) groups is 1. The summed E-state index contributed by atoms with van der Waals surface area (Å²) in [5.41, 5.74) is 0.866. The zero-order valence-corrected chi connectivity index (χ0v) is 13.1. The molecular formula is C17H24N2O2. The van der Waals surface area contributed by atoms with Gasteiger partial charge >= 0.3 is 6.09 Å². The number of anilines is 1. The van der Waals surface area contributed by atoms with Crippen LogP contribution in [0.4, 0.5) is 10.5 Å². The average Bonchev–Trinajstić information content (AvgIpc) is 2.32. The van der Waals surface area contributed by atoms with E-state index in [1.165, 1.54) is 19.3 Å². The number of rotatable bonds is 2. The monoisotopic (exact) mass is 288 g/mol. The fourth-order valence-corrected chi connectivity index (χ4v) is 3.21. The van der Waals surface area contributed by atoms with E-state index in [0.717, 1.165) is 12.2 Å². The van der Waals surface area contributed by atoms with Crippen molar-refractivity contribution in [2.75, 3.05) is 11.9 Å². The van der Waals surface area contributed by atoms with Gasteiger partial charge in [-0.05, 0) is 45.7 Å². The van der Waals surface area contributed by atoms with Crippen LogP contribution < -0.4 is 5.32 Å². The summed E-state index contributed by atoms with van der Waals surface area (Å²) in [6, 6.07) is 10.1. The minimum Gasteiger partial charge on any atom is -0.444 e. The van der Waals surface area contributed by atoms with Crippen LogP contribution in [0.5, 0.6) is 0 Å². The van der Waals surface area contributed by atoms with E-state index in [9.17, 15) is 4.79 Å². The molecule has 2 aliphatic rings. The van der Waals surface area contributed by atoms with Crippen molar-refractivity contribution >= 4 is 11.8 Å². The van der Waals surface area contributed by atoms with E-state index >= 15 is 0 Å². The van der Waals surface area contributed by atoms with Crippen molar-refractivity contribution < 1.29 is 9.53 Å². The number of hydrogen-bond acceptors (Lipinski definition) is 3. The summed E-state index contributed by atoms with van der Waals surface area (Å²) in [6.07, 6.45) is 3.49. The van der Waals surface area contributed by atoms with Crippen molar-refractivity contribution in [1.82, 2.24) is 4.90 Å². The predicted molar refractivity (Wildman–Crippen MR) is 83.1 cm³/mol. The van der Waals surface area contributed by atoms with Gasteiger partial charge in [0.25, 0.3) is 0 Å². The van der Waals surface area contributed by atoms with Crippen LogP contribution in [-0.2, 0) is 4.74 Å².